The van der Waals surface area contributed by atoms with E-state index in [1.165, 1.54) is 18.7 Å². The fraction of sp³-hybridized carbons (Fsp3) is 0.154. The Kier molecular flexibility index (Phi) is 4.41. The third-order valence-corrected chi connectivity index (χ3v) is 2.37. The van der Waals surface area contributed by atoms with E-state index in [0.717, 1.165) is 5.56 Å². The second-order valence-electron chi connectivity index (χ2n) is 3.81. The smallest absolute Gasteiger partial charge is 0.262 e. The van der Waals surface area contributed by atoms with Gasteiger partial charge in [-0.15, -0.1) is 0 Å². The van der Waals surface area contributed by atoms with Gasteiger partial charge in [0.15, 0.2) is 6.61 Å². The maximum atomic E-state index is 11.6. The van der Waals surface area contributed by atoms with E-state index in [1.807, 2.05) is 12.1 Å². The molecule has 0 aliphatic heterocycles. The van der Waals surface area contributed by atoms with Gasteiger partial charge in [0, 0.05) is 6.54 Å². The Morgan fingerprint density at radius 1 is 1.21 bits per heavy atom. The van der Waals surface area contributed by atoms with E-state index >= 15 is 0 Å². The van der Waals surface area contributed by atoms with Gasteiger partial charge >= 0.3 is 0 Å². The first-order valence-electron chi connectivity index (χ1n) is 5.74. The van der Waals surface area contributed by atoms with Gasteiger partial charge in [-0.2, -0.15) is 0 Å². The third kappa shape index (κ3) is 4.04. The summed E-state index contributed by atoms with van der Waals surface area (Å²) >= 11 is 0. The lowest BCUT2D eigenvalue weighted by atomic mass is 10.2. The quantitative estimate of drug-likeness (QED) is 0.833. The highest BCUT2D eigenvalue weighted by atomic mass is 16.5. The van der Waals surface area contributed by atoms with Crippen molar-refractivity contribution in [3.8, 4) is 5.75 Å². The molecule has 0 saturated heterocycles. The van der Waals surface area contributed by atoms with Crippen LogP contribution in [0, 0.1) is 0 Å². The summed E-state index contributed by atoms with van der Waals surface area (Å²) in [5.41, 5.74) is 7.04. The molecule has 0 aliphatic rings. The lowest BCUT2D eigenvalue weighted by Gasteiger charge is -2.07. The molecule has 1 aromatic carbocycles. The largest absolute Gasteiger partial charge is 0.484 e. The minimum absolute atomic E-state index is 0.0726. The number of anilines is 1. The highest BCUT2D eigenvalue weighted by molar-refractivity contribution is 5.91. The Morgan fingerprint density at radius 3 is 2.53 bits per heavy atom. The molecule has 19 heavy (non-hydrogen) atoms. The number of hydrogen-bond acceptors (Lipinski definition) is 5. The molecular formula is C13H14N4O2. The van der Waals surface area contributed by atoms with Gasteiger partial charge in [0.1, 0.15) is 12.1 Å². The van der Waals surface area contributed by atoms with E-state index in [-0.39, 0.29) is 12.5 Å². The molecule has 1 heterocycles. The van der Waals surface area contributed by atoms with Crippen molar-refractivity contribution in [2.45, 2.75) is 6.54 Å². The molecule has 2 rings (SSSR count). The van der Waals surface area contributed by atoms with Crippen molar-refractivity contribution in [3.63, 3.8) is 0 Å². The van der Waals surface area contributed by atoms with Crippen molar-refractivity contribution in [2.75, 3.05) is 11.9 Å². The number of carbonyl (C=O) groups excluding carboxylic acids is 1. The Morgan fingerprint density at radius 2 is 1.89 bits per heavy atom. The summed E-state index contributed by atoms with van der Waals surface area (Å²) in [6.07, 6.45) is 4.42. The molecule has 6 heteroatoms. The number of carbonyl (C=O) groups is 1. The van der Waals surface area contributed by atoms with Crippen molar-refractivity contribution >= 4 is 11.6 Å². The predicted octanol–water partition coefficient (Wildman–Crippen LogP) is 0.953. The molecule has 0 fully saturated rings. The van der Waals surface area contributed by atoms with Crippen LogP contribution < -0.4 is 15.8 Å². The summed E-state index contributed by atoms with van der Waals surface area (Å²) < 4.78 is 5.35. The van der Waals surface area contributed by atoms with Crippen LogP contribution in [0.15, 0.2) is 43.0 Å². The van der Waals surface area contributed by atoms with Crippen LogP contribution >= 0.6 is 0 Å². The van der Waals surface area contributed by atoms with E-state index in [0.29, 0.717) is 18.0 Å². The molecule has 1 amide bonds. The number of nitrogens with zero attached hydrogens (tertiary/aromatic N) is 2. The lowest BCUT2D eigenvalue weighted by molar-refractivity contribution is -0.118. The van der Waals surface area contributed by atoms with Crippen molar-refractivity contribution in [2.24, 2.45) is 5.73 Å². The number of nitrogens with two attached hydrogens (primary N) is 1. The molecule has 1 aromatic heterocycles. The Hall–Kier alpha value is -2.47. The third-order valence-electron chi connectivity index (χ3n) is 2.37. The van der Waals surface area contributed by atoms with Gasteiger partial charge in [-0.25, -0.2) is 9.97 Å². The molecule has 3 N–H and O–H groups in total. The van der Waals surface area contributed by atoms with Crippen LogP contribution in [0.1, 0.15) is 5.56 Å². The van der Waals surface area contributed by atoms with Crippen LogP contribution in [0.5, 0.6) is 5.75 Å². The first-order chi connectivity index (χ1) is 9.28. The average molecular weight is 258 g/mol. The number of hydrogen-bond donors (Lipinski definition) is 2. The number of rotatable bonds is 5. The van der Waals surface area contributed by atoms with Gasteiger partial charge in [-0.3, -0.25) is 4.79 Å². The van der Waals surface area contributed by atoms with Gasteiger partial charge in [0.25, 0.3) is 5.91 Å². The molecule has 0 spiro atoms. The zero-order chi connectivity index (χ0) is 13.5. The highest BCUT2D eigenvalue weighted by Crippen LogP contribution is 2.11. The SMILES string of the molecule is NCc1ccc(OCC(=O)Nc2cncnc2)cc1. The average Bonchev–Trinajstić information content (AvgIpc) is 2.47. The van der Waals surface area contributed by atoms with Crippen molar-refractivity contribution in [1.29, 1.82) is 0 Å². The lowest BCUT2D eigenvalue weighted by Crippen LogP contribution is -2.20. The number of aromatic nitrogens is 2. The summed E-state index contributed by atoms with van der Waals surface area (Å²) in [6.45, 7) is 0.408. The molecule has 0 aliphatic carbocycles. The van der Waals surface area contributed by atoms with E-state index < -0.39 is 0 Å². The van der Waals surface area contributed by atoms with E-state index in [9.17, 15) is 4.79 Å². The predicted molar refractivity (Wildman–Crippen MR) is 70.5 cm³/mol. The molecular weight excluding hydrogens is 244 g/mol. The second-order valence-corrected chi connectivity index (χ2v) is 3.81. The van der Waals surface area contributed by atoms with Gasteiger partial charge in [0.05, 0.1) is 18.1 Å². The molecule has 0 radical (unpaired) electrons. The monoisotopic (exact) mass is 258 g/mol. The van der Waals surface area contributed by atoms with Crippen molar-refractivity contribution in [3.05, 3.63) is 48.5 Å². The molecule has 0 bridgehead atoms. The molecule has 2 aromatic rings. The van der Waals surface area contributed by atoms with Gasteiger partial charge in [-0.05, 0) is 17.7 Å². The fourth-order valence-electron chi connectivity index (χ4n) is 1.43. The second kappa shape index (κ2) is 6.46. The number of ether oxygens (including phenoxy) is 1. The zero-order valence-corrected chi connectivity index (χ0v) is 10.2. The first-order valence-corrected chi connectivity index (χ1v) is 5.74. The molecule has 0 saturated carbocycles. The first kappa shape index (κ1) is 13.0. The summed E-state index contributed by atoms with van der Waals surface area (Å²) in [5, 5.41) is 2.63. The van der Waals surface area contributed by atoms with Crippen molar-refractivity contribution in [1.82, 2.24) is 9.97 Å². The summed E-state index contributed by atoms with van der Waals surface area (Å²) in [4.78, 5) is 19.2. The number of benzene rings is 1. The van der Waals surface area contributed by atoms with Crippen LogP contribution in [-0.4, -0.2) is 22.5 Å². The van der Waals surface area contributed by atoms with Crippen molar-refractivity contribution < 1.29 is 9.53 Å². The highest BCUT2D eigenvalue weighted by Gasteiger charge is 2.03. The van der Waals surface area contributed by atoms with Gasteiger partial charge in [0.2, 0.25) is 0 Å². The van der Waals surface area contributed by atoms with E-state index in [4.69, 9.17) is 10.5 Å². The molecule has 0 atom stereocenters. The van der Waals surface area contributed by atoms with Crippen LogP contribution in [0.3, 0.4) is 0 Å². The minimum atomic E-state index is -0.266. The Labute approximate surface area is 110 Å². The van der Waals surface area contributed by atoms with E-state index in [1.54, 1.807) is 12.1 Å². The van der Waals surface area contributed by atoms with Gasteiger partial charge in [-0.1, -0.05) is 12.1 Å². The standard InChI is InChI=1S/C13H14N4O2/c14-5-10-1-3-12(4-2-10)19-8-13(18)17-11-6-15-9-16-7-11/h1-4,6-7,9H,5,8,14H2,(H,17,18). The van der Waals surface area contributed by atoms with Crippen LogP contribution in [-0.2, 0) is 11.3 Å². The summed E-state index contributed by atoms with van der Waals surface area (Å²) in [6, 6.07) is 7.28. The zero-order valence-electron chi connectivity index (χ0n) is 10.2. The van der Waals surface area contributed by atoms with Gasteiger partial charge < -0.3 is 15.8 Å². The summed E-state index contributed by atoms with van der Waals surface area (Å²) in [5.74, 6) is 0.356. The number of amides is 1. The normalized spacial score (nSPS) is 9.95. The van der Waals surface area contributed by atoms with E-state index in [2.05, 4.69) is 15.3 Å². The number of nitrogens with one attached hydrogen (secondary N) is 1. The van der Waals surface area contributed by atoms with Crippen LogP contribution in [0.2, 0.25) is 0 Å². The topological polar surface area (TPSA) is 90.1 Å². The fourth-order valence-corrected chi connectivity index (χ4v) is 1.43. The van der Waals surface area contributed by atoms with Crippen LogP contribution in [0.25, 0.3) is 0 Å². The summed E-state index contributed by atoms with van der Waals surface area (Å²) in [7, 11) is 0. The Bertz CT molecular complexity index is 528. The molecule has 6 nitrogen and oxygen atoms in total. The molecule has 0 unspecified atom stereocenters. The maximum absolute atomic E-state index is 11.6. The maximum Gasteiger partial charge on any atom is 0.262 e. The molecule has 98 valence electrons. The minimum Gasteiger partial charge on any atom is -0.484 e. The Balaban J connectivity index is 1.83. The van der Waals surface area contributed by atoms with Crippen LogP contribution in [0.4, 0.5) is 5.69 Å².